The number of hydrogen-bond donors (Lipinski definition) is 2. The van der Waals surface area contributed by atoms with Gasteiger partial charge in [0.1, 0.15) is 4.88 Å². The smallest absolute Gasteiger partial charge is 0.263 e. The Bertz CT molecular complexity index is 450. The van der Waals surface area contributed by atoms with Gasteiger partial charge in [-0.15, -0.1) is 11.3 Å². The summed E-state index contributed by atoms with van der Waals surface area (Å²) < 4.78 is 0. The van der Waals surface area contributed by atoms with E-state index < -0.39 is 5.54 Å². The highest BCUT2D eigenvalue weighted by atomic mass is 32.1. The lowest BCUT2D eigenvalue weighted by atomic mass is 9.75. The van der Waals surface area contributed by atoms with Gasteiger partial charge in [0.05, 0.1) is 22.2 Å². The zero-order valence-corrected chi connectivity index (χ0v) is 12.6. The number of carbonyl (C=O) groups is 1. The fourth-order valence-corrected chi connectivity index (χ4v) is 3.39. The molecular formula is C13H19N3OS2. The minimum Gasteiger partial charge on any atom is -0.391 e. The molecule has 0 radical (unpaired) electrons. The molecule has 104 valence electrons. The molecule has 0 spiro atoms. The summed E-state index contributed by atoms with van der Waals surface area (Å²) >= 11 is 6.53. The van der Waals surface area contributed by atoms with Gasteiger partial charge in [-0.3, -0.25) is 9.78 Å². The molecule has 19 heavy (non-hydrogen) atoms. The summed E-state index contributed by atoms with van der Waals surface area (Å²) in [5.74, 6) is 0.605. The van der Waals surface area contributed by atoms with Crippen LogP contribution in [0.5, 0.6) is 0 Å². The summed E-state index contributed by atoms with van der Waals surface area (Å²) in [6, 6.07) is 0. The Morgan fingerprint density at radius 2 is 2.32 bits per heavy atom. The second-order valence-electron chi connectivity index (χ2n) is 5.12. The van der Waals surface area contributed by atoms with Crippen molar-refractivity contribution in [2.45, 2.75) is 44.6 Å². The van der Waals surface area contributed by atoms with Crippen molar-refractivity contribution in [2.75, 3.05) is 0 Å². The molecule has 0 saturated heterocycles. The van der Waals surface area contributed by atoms with Gasteiger partial charge >= 0.3 is 0 Å². The predicted molar refractivity (Wildman–Crippen MR) is 81.3 cm³/mol. The van der Waals surface area contributed by atoms with Crippen LogP contribution >= 0.6 is 23.6 Å². The zero-order chi connectivity index (χ0) is 13.9. The average Bonchev–Trinajstić information content (AvgIpc) is 2.93. The molecule has 6 heteroatoms. The number of nitrogens with one attached hydrogen (secondary N) is 1. The Morgan fingerprint density at radius 3 is 2.79 bits per heavy atom. The van der Waals surface area contributed by atoms with Gasteiger partial charge < -0.3 is 11.1 Å². The first-order valence-electron chi connectivity index (χ1n) is 6.58. The number of nitrogens with zero attached hydrogens (tertiary/aromatic N) is 1. The molecule has 1 aromatic rings. The van der Waals surface area contributed by atoms with E-state index in [1.54, 1.807) is 11.7 Å². The van der Waals surface area contributed by atoms with E-state index in [2.05, 4.69) is 17.2 Å². The second-order valence-corrected chi connectivity index (χ2v) is 6.44. The van der Waals surface area contributed by atoms with Crippen LogP contribution in [0, 0.1) is 5.92 Å². The Hall–Kier alpha value is -1.01. The molecule has 2 rings (SSSR count). The SMILES string of the molecule is CCC1CCC(NC(=O)c2cncs2)(C(N)=S)CC1. The van der Waals surface area contributed by atoms with Crippen LogP contribution in [0.15, 0.2) is 11.7 Å². The lowest BCUT2D eigenvalue weighted by Gasteiger charge is -2.39. The van der Waals surface area contributed by atoms with Gasteiger partial charge in [-0.25, -0.2) is 0 Å². The average molecular weight is 297 g/mol. The molecule has 4 nitrogen and oxygen atoms in total. The summed E-state index contributed by atoms with van der Waals surface area (Å²) in [5, 5.41) is 3.04. The number of thiazole rings is 1. The first-order chi connectivity index (χ1) is 9.07. The minimum atomic E-state index is -0.512. The molecule has 1 amide bonds. The van der Waals surface area contributed by atoms with Crippen LogP contribution in [-0.4, -0.2) is 21.4 Å². The Morgan fingerprint density at radius 1 is 1.63 bits per heavy atom. The molecule has 0 atom stereocenters. The topological polar surface area (TPSA) is 68.0 Å². The van der Waals surface area contributed by atoms with Crippen molar-refractivity contribution in [3.63, 3.8) is 0 Å². The Balaban J connectivity index is 2.09. The molecule has 0 aromatic carbocycles. The van der Waals surface area contributed by atoms with Crippen molar-refractivity contribution in [1.29, 1.82) is 0 Å². The third kappa shape index (κ3) is 3.12. The maximum absolute atomic E-state index is 12.2. The van der Waals surface area contributed by atoms with Crippen LogP contribution in [0.3, 0.4) is 0 Å². The number of carbonyl (C=O) groups excluding carboxylic acids is 1. The van der Waals surface area contributed by atoms with Gasteiger partial charge in [0.15, 0.2) is 0 Å². The summed E-state index contributed by atoms with van der Waals surface area (Å²) in [7, 11) is 0. The largest absolute Gasteiger partial charge is 0.391 e. The summed E-state index contributed by atoms with van der Waals surface area (Å²) in [6.07, 6.45) is 6.56. The third-order valence-electron chi connectivity index (χ3n) is 4.02. The molecule has 0 aliphatic heterocycles. The van der Waals surface area contributed by atoms with E-state index >= 15 is 0 Å². The lowest BCUT2D eigenvalue weighted by molar-refractivity contribution is 0.0902. The third-order valence-corrected chi connectivity index (χ3v) is 5.18. The van der Waals surface area contributed by atoms with Gasteiger partial charge in [-0.1, -0.05) is 25.6 Å². The van der Waals surface area contributed by atoms with Gasteiger partial charge in [-0.2, -0.15) is 0 Å². The number of rotatable bonds is 4. The summed E-state index contributed by atoms with van der Waals surface area (Å²) in [6.45, 7) is 2.20. The van der Waals surface area contributed by atoms with E-state index in [9.17, 15) is 4.79 Å². The van der Waals surface area contributed by atoms with Crippen LogP contribution in [0.25, 0.3) is 0 Å². The molecule has 3 N–H and O–H groups in total. The Labute approximate surface area is 122 Å². The molecule has 1 heterocycles. The van der Waals surface area contributed by atoms with E-state index in [1.165, 1.54) is 17.8 Å². The Kier molecular flexibility index (Phi) is 4.52. The van der Waals surface area contributed by atoms with Crippen molar-refractivity contribution >= 4 is 34.5 Å². The van der Waals surface area contributed by atoms with Crippen LogP contribution in [0.2, 0.25) is 0 Å². The highest BCUT2D eigenvalue weighted by Gasteiger charge is 2.39. The number of thiocarbonyl (C=S) groups is 1. The quantitative estimate of drug-likeness (QED) is 0.838. The van der Waals surface area contributed by atoms with E-state index in [4.69, 9.17) is 18.0 Å². The summed E-state index contributed by atoms with van der Waals surface area (Å²) in [4.78, 5) is 17.1. The molecule has 1 aliphatic rings. The van der Waals surface area contributed by atoms with E-state index in [0.29, 0.717) is 9.87 Å². The standard InChI is InChI=1S/C13H19N3OS2/c1-2-9-3-5-13(6-4-9,12(14)18)16-11(17)10-7-15-8-19-10/h7-9H,2-6H2,1H3,(H2,14,18)(H,16,17). The highest BCUT2D eigenvalue weighted by Crippen LogP contribution is 2.34. The number of amides is 1. The molecular weight excluding hydrogens is 278 g/mol. The molecule has 0 bridgehead atoms. The van der Waals surface area contributed by atoms with E-state index in [0.717, 1.165) is 31.6 Å². The molecule has 1 fully saturated rings. The first kappa shape index (κ1) is 14.4. The maximum atomic E-state index is 12.2. The summed E-state index contributed by atoms with van der Waals surface area (Å²) in [5.41, 5.74) is 7.03. The van der Waals surface area contributed by atoms with Crippen molar-refractivity contribution in [2.24, 2.45) is 11.7 Å². The molecule has 1 saturated carbocycles. The second kappa shape index (κ2) is 5.96. The fraction of sp³-hybridized carbons (Fsp3) is 0.615. The van der Waals surface area contributed by atoms with Gasteiger partial charge in [-0.05, 0) is 31.6 Å². The normalized spacial score (nSPS) is 26.9. The van der Waals surface area contributed by atoms with Gasteiger partial charge in [0, 0.05) is 0 Å². The molecule has 1 aliphatic carbocycles. The molecule has 0 unspecified atom stereocenters. The zero-order valence-electron chi connectivity index (χ0n) is 11.0. The van der Waals surface area contributed by atoms with Gasteiger partial charge in [0.25, 0.3) is 5.91 Å². The highest BCUT2D eigenvalue weighted by molar-refractivity contribution is 7.80. The number of aromatic nitrogens is 1. The van der Waals surface area contributed by atoms with Crippen LogP contribution < -0.4 is 11.1 Å². The van der Waals surface area contributed by atoms with E-state index in [1.807, 2.05) is 0 Å². The van der Waals surface area contributed by atoms with E-state index in [-0.39, 0.29) is 5.91 Å². The van der Waals surface area contributed by atoms with Crippen molar-refractivity contribution in [3.05, 3.63) is 16.6 Å². The minimum absolute atomic E-state index is 0.120. The predicted octanol–water partition coefficient (Wildman–Crippen LogP) is 2.50. The monoisotopic (exact) mass is 297 g/mol. The fourth-order valence-electron chi connectivity index (χ4n) is 2.62. The van der Waals surface area contributed by atoms with Crippen molar-refractivity contribution < 1.29 is 4.79 Å². The molecule has 1 aromatic heterocycles. The van der Waals surface area contributed by atoms with Crippen LogP contribution in [0.4, 0.5) is 0 Å². The van der Waals surface area contributed by atoms with Crippen molar-refractivity contribution in [1.82, 2.24) is 10.3 Å². The first-order valence-corrected chi connectivity index (χ1v) is 7.87. The lowest BCUT2D eigenvalue weighted by Crippen LogP contribution is -2.58. The van der Waals surface area contributed by atoms with Crippen LogP contribution in [-0.2, 0) is 0 Å². The van der Waals surface area contributed by atoms with Crippen molar-refractivity contribution in [3.8, 4) is 0 Å². The maximum Gasteiger partial charge on any atom is 0.263 e. The number of nitrogens with two attached hydrogens (primary N) is 1. The number of hydrogen-bond acceptors (Lipinski definition) is 4. The van der Waals surface area contributed by atoms with Crippen LogP contribution in [0.1, 0.15) is 48.7 Å². The van der Waals surface area contributed by atoms with Gasteiger partial charge in [0.2, 0.25) is 0 Å².